The summed E-state index contributed by atoms with van der Waals surface area (Å²) in [6, 6.07) is 0.536. The van der Waals surface area contributed by atoms with Crippen LogP contribution < -0.4 is 5.32 Å². The van der Waals surface area contributed by atoms with E-state index in [4.69, 9.17) is 0 Å². The third kappa shape index (κ3) is 2.99. The molecule has 3 unspecified atom stereocenters. The molecule has 1 amide bonds. The van der Waals surface area contributed by atoms with Crippen molar-refractivity contribution in [1.82, 2.24) is 10.2 Å². The monoisotopic (exact) mass is 292 g/mol. The van der Waals surface area contributed by atoms with Gasteiger partial charge < -0.3 is 4.90 Å². The minimum absolute atomic E-state index is 0.0954. The van der Waals surface area contributed by atoms with E-state index in [1.54, 1.807) is 0 Å². The van der Waals surface area contributed by atoms with Gasteiger partial charge in [-0.1, -0.05) is 39.0 Å². The van der Waals surface area contributed by atoms with Gasteiger partial charge in [0, 0.05) is 6.04 Å². The smallest absolute Gasteiger partial charge is 0.241 e. The van der Waals surface area contributed by atoms with Gasteiger partial charge >= 0.3 is 0 Å². The number of rotatable bonds is 6. The zero-order valence-electron chi connectivity index (χ0n) is 13.8. The van der Waals surface area contributed by atoms with Crippen molar-refractivity contribution >= 4 is 5.91 Å². The molecule has 3 nitrogen and oxygen atoms in total. The highest BCUT2D eigenvalue weighted by Crippen LogP contribution is 2.38. The highest BCUT2D eigenvalue weighted by molar-refractivity contribution is 5.84. The molecule has 1 saturated heterocycles. The Labute approximate surface area is 129 Å². The molecule has 2 saturated carbocycles. The van der Waals surface area contributed by atoms with Gasteiger partial charge in [-0.3, -0.25) is 10.1 Å². The Morgan fingerprint density at radius 1 is 1.19 bits per heavy atom. The van der Waals surface area contributed by atoms with E-state index in [9.17, 15) is 4.79 Å². The van der Waals surface area contributed by atoms with Crippen LogP contribution in [-0.4, -0.2) is 29.1 Å². The van der Waals surface area contributed by atoms with Crippen molar-refractivity contribution in [1.29, 1.82) is 0 Å². The van der Waals surface area contributed by atoms with E-state index in [1.807, 2.05) is 0 Å². The molecule has 3 aliphatic rings. The van der Waals surface area contributed by atoms with Crippen molar-refractivity contribution in [2.75, 3.05) is 0 Å². The molecule has 0 spiro atoms. The number of carbonyl (C=O) groups excluding carboxylic acids is 1. The van der Waals surface area contributed by atoms with E-state index in [2.05, 4.69) is 24.1 Å². The largest absolute Gasteiger partial charge is 0.323 e. The van der Waals surface area contributed by atoms with E-state index in [0.717, 1.165) is 18.8 Å². The molecule has 21 heavy (non-hydrogen) atoms. The van der Waals surface area contributed by atoms with E-state index in [-0.39, 0.29) is 6.04 Å². The Hall–Kier alpha value is -0.570. The number of carbonyl (C=O) groups is 1. The molecule has 120 valence electrons. The van der Waals surface area contributed by atoms with Crippen LogP contribution in [0.15, 0.2) is 0 Å². The van der Waals surface area contributed by atoms with Gasteiger partial charge in [-0.15, -0.1) is 0 Å². The van der Waals surface area contributed by atoms with Crippen LogP contribution in [0, 0.1) is 11.8 Å². The maximum absolute atomic E-state index is 12.9. The van der Waals surface area contributed by atoms with E-state index >= 15 is 0 Å². The molecule has 0 aromatic carbocycles. The van der Waals surface area contributed by atoms with Gasteiger partial charge in [0.05, 0.1) is 12.2 Å². The quantitative estimate of drug-likeness (QED) is 0.810. The SMILES string of the molecule is CCCCC1NC(C2CCCC2)N(C(C)C2CCC2)C1=O. The first-order chi connectivity index (χ1) is 10.2. The summed E-state index contributed by atoms with van der Waals surface area (Å²) in [6.07, 6.45) is 13.0. The minimum atomic E-state index is 0.0954. The van der Waals surface area contributed by atoms with Gasteiger partial charge in [-0.25, -0.2) is 0 Å². The fourth-order valence-corrected chi connectivity index (χ4v) is 4.53. The summed E-state index contributed by atoms with van der Waals surface area (Å²) in [5.74, 6) is 1.85. The lowest BCUT2D eigenvalue weighted by Crippen LogP contribution is -2.50. The molecule has 1 aliphatic heterocycles. The van der Waals surface area contributed by atoms with Crippen molar-refractivity contribution in [2.45, 2.75) is 96.3 Å². The summed E-state index contributed by atoms with van der Waals surface area (Å²) in [5.41, 5.74) is 0. The van der Waals surface area contributed by atoms with Crippen LogP contribution in [0.25, 0.3) is 0 Å². The molecule has 0 bridgehead atoms. The maximum atomic E-state index is 12.9. The highest BCUT2D eigenvalue weighted by atomic mass is 16.2. The van der Waals surface area contributed by atoms with Gasteiger partial charge in [0.25, 0.3) is 0 Å². The van der Waals surface area contributed by atoms with E-state index in [0.29, 0.717) is 24.0 Å². The first-order valence-electron chi connectivity index (χ1n) is 9.30. The second-order valence-electron chi connectivity index (χ2n) is 7.53. The standard InChI is InChI=1S/C18H32N2O/c1-3-4-12-16-18(21)20(13(2)14-10-7-11-14)17(19-16)15-8-5-6-9-15/h13-17,19H,3-12H2,1-2H3. The molecule has 0 radical (unpaired) electrons. The van der Waals surface area contributed by atoms with Gasteiger partial charge in [0.1, 0.15) is 0 Å². The van der Waals surface area contributed by atoms with Crippen LogP contribution in [0.4, 0.5) is 0 Å². The molecule has 0 aromatic rings. The van der Waals surface area contributed by atoms with Gasteiger partial charge in [-0.05, 0) is 50.9 Å². The Kier molecular flexibility index (Phi) is 4.88. The lowest BCUT2D eigenvalue weighted by atomic mass is 9.79. The lowest BCUT2D eigenvalue weighted by molar-refractivity contribution is -0.134. The summed E-state index contributed by atoms with van der Waals surface area (Å²) < 4.78 is 0. The summed E-state index contributed by atoms with van der Waals surface area (Å²) in [5, 5.41) is 3.73. The Bertz CT molecular complexity index is 360. The number of hydrogen-bond donors (Lipinski definition) is 1. The maximum Gasteiger partial charge on any atom is 0.241 e. The zero-order chi connectivity index (χ0) is 14.8. The number of amides is 1. The molecule has 3 fully saturated rings. The average Bonchev–Trinajstić information content (AvgIpc) is 3.02. The predicted octanol–water partition coefficient (Wildman–Crippen LogP) is 3.68. The van der Waals surface area contributed by atoms with Crippen molar-refractivity contribution in [2.24, 2.45) is 11.8 Å². The fourth-order valence-electron chi connectivity index (χ4n) is 4.53. The Balaban J connectivity index is 1.72. The summed E-state index contributed by atoms with van der Waals surface area (Å²) in [6.45, 7) is 4.51. The van der Waals surface area contributed by atoms with Crippen LogP contribution in [0.3, 0.4) is 0 Å². The van der Waals surface area contributed by atoms with E-state index in [1.165, 1.54) is 51.4 Å². The van der Waals surface area contributed by atoms with Crippen molar-refractivity contribution in [3.63, 3.8) is 0 Å². The number of hydrogen-bond acceptors (Lipinski definition) is 2. The highest BCUT2D eigenvalue weighted by Gasteiger charge is 2.46. The topological polar surface area (TPSA) is 32.3 Å². The van der Waals surface area contributed by atoms with Gasteiger partial charge in [0.15, 0.2) is 0 Å². The Morgan fingerprint density at radius 2 is 1.90 bits per heavy atom. The summed E-state index contributed by atoms with van der Waals surface area (Å²) in [4.78, 5) is 15.2. The lowest BCUT2D eigenvalue weighted by Gasteiger charge is -2.41. The molecular weight excluding hydrogens is 260 g/mol. The predicted molar refractivity (Wildman–Crippen MR) is 85.8 cm³/mol. The third-order valence-corrected chi connectivity index (χ3v) is 6.19. The normalized spacial score (nSPS) is 32.7. The van der Waals surface area contributed by atoms with Crippen LogP contribution in [-0.2, 0) is 4.79 Å². The molecule has 1 heterocycles. The zero-order valence-corrected chi connectivity index (χ0v) is 13.8. The molecule has 2 aliphatic carbocycles. The Morgan fingerprint density at radius 3 is 2.48 bits per heavy atom. The number of unbranched alkanes of at least 4 members (excludes halogenated alkanes) is 1. The van der Waals surface area contributed by atoms with Crippen LogP contribution in [0.5, 0.6) is 0 Å². The number of nitrogens with one attached hydrogen (secondary N) is 1. The summed E-state index contributed by atoms with van der Waals surface area (Å²) in [7, 11) is 0. The third-order valence-electron chi connectivity index (χ3n) is 6.19. The second kappa shape index (κ2) is 6.68. The summed E-state index contributed by atoms with van der Waals surface area (Å²) >= 11 is 0. The van der Waals surface area contributed by atoms with Crippen LogP contribution in [0.1, 0.15) is 78.1 Å². The van der Waals surface area contributed by atoms with E-state index < -0.39 is 0 Å². The first kappa shape index (κ1) is 15.3. The van der Waals surface area contributed by atoms with Crippen molar-refractivity contribution < 1.29 is 4.79 Å². The fraction of sp³-hybridized carbons (Fsp3) is 0.944. The minimum Gasteiger partial charge on any atom is -0.323 e. The van der Waals surface area contributed by atoms with Gasteiger partial charge in [0.2, 0.25) is 5.91 Å². The van der Waals surface area contributed by atoms with Crippen LogP contribution >= 0.6 is 0 Å². The first-order valence-corrected chi connectivity index (χ1v) is 9.30. The van der Waals surface area contributed by atoms with Crippen molar-refractivity contribution in [3.8, 4) is 0 Å². The molecule has 3 atom stereocenters. The molecule has 1 N–H and O–H groups in total. The molecular formula is C18H32N2O. The number of nitrogens with zero attached hydrogens (tertiary/aromatic N) is 1. The second-order valence-corrected chi connectivity index (χ2v) is 7.53. The molecule has 0 aromatic heterocycles. The molecule has 3 rings (SSSR count). The van der Waals surface area contributed by atoms with Gasteiger partial charge in [-0.2, -0.15) is 0 Å². The van der Waals surface area contributed by atoms with Crippen molar-refractivity contribution in [3.05, 3.63) is 0 Å². The van der Waals surface area contributed by atoms with Crippen LogP contribution in [0.2, 0.25) is 0 Å². The molecule has 3 heteroatoms. The average molecular weight is 292 g/mol.